The van der Waals surface area contributed by atoms with Crippen LogP contribution in [0.25, 0.3) is 0 Å². The zero-order valence-electron chi connectivity index (χ0n) is 18.9. The first kappa shape index (κ1) is 22.0. The number of benzene rings is 2. The number of methoxy groups -OCH3 is 3. The first-order valence-corrected chi connectivity index (χ1v) is 11.0. The summed E-state index contributed by atoms with van der Waals surface area (Å²) in [5.74, 6) is 1.48. The maximum Gasteiger partial charge on any atom is 0.255 e. The van der Waals surface area contributed by atoms with Gasteiger partial charge in [-0.25, -0.2) is 0 Å². The number of likely N-dealkylation sites (tertiary alicyclic amines) is 1. The summed E-state index contributed by atoms with van der Waals surface area (Å²) in [6.07, 6.45) is 3.40. The minimum absolute atomic E-state index is 0.0622. The summed E-state index contributed by atoms with van der Waals surface area (Å²) < 4.78 is 16.5. The SMILES string of the molecule is COc1cc(C(CC(=O)N2CCCCC2)N2Cc3ccccc3C2=O)cc(OC)c1OC. The highest BCUT2D eigenvalue weighted by Crippen LogP contribution is 2.43. The van der Waals surface area contributed by atoms with Crippen molar-refractivity contribution in [3.8, 4) is 17.2 Å². The Morgan fingerprint density at radius 1 is 0.969 bits per heavy atom. The number of rotatable bonds is 7. The summed E-state index contributed by atoms with van der Waals surface area (Å²) in [7, 11) is 4.68. The molecular weight excluding hydrogens is 408 g/mol. The van der Waals surface area contributed by atoms with Crippen LogP contribution in [0.1, 0.15) is 53.2 Å². The fourth-order valence-electron chi connectivity index (χ4n) is 4.67. The van der Waals surface area contributed by atoms with Gasteiger partial charge >= 0.3 is 0 Å². The van der Waals surface area contributed by atoms with Crippen molar-refractivity contribution in [3.63, 3.8) is 0 Å². The molecular formula is C25H30N2O5. The Morgan fingerprint density at radius 2 is 1.62 bits per heavy atom. The predicted molar refractivity (Wildman–Crippen MR) is 120 cm³/mol. The van der Waals surface area contributed by atoms with Crippen molar-refractivity contribution in [3.05, 3.63) is 53.1 Å². The van der Waals surface area contributed by atoms with E-state index >= 15 is 0 Å². The van der Waals surface area contributed by atoms with Crippen molar-refractivity contribution < 1.29 is 23.8 Å². The van der Waals surface area contributed by atoms with Crippen LogP contribution in [0.2, 0.25) is 0 Å². The molecule has 7 heteroatoms. The van der Waals surface area contributed by atoms with Gasteiger partial charge in [-0.15, -0.1) is 0 Å². The van der Waals surface area contributed by atoms with Crippen LogP contribution in [0.4, 0.5) is 0 Å². The normalized spacial score (nSPS) is 16.5. The first-order chi connectivity index (χ1) is 15.6. The first-order valence-electron chi connectivity index (χ1n) is 11.0. The molecule has 0 radical (unpaired) electrons. The molecule has 170 valence electrons. The van der Waals surface area contributed by atoms with Crippen LogP contribution in [-0.4, -0.2) is 56.0 Å². The number of carbonyl (C=O) groups is 2. The number of fused-ring (bicyclic) bond motifs is 1. The number of nitrogens with zero attached hydrogens (tertiary/aromatic N) is 2. The van der Waals surface area contributed by atoms with Gasteiger partial charge in [0.25, 0.3) is 5.91 Å². The maximum absolute atomic E-state index is 13.3. The maximum atomic E-state index is 13.3. The third-order valence-electron chi connectivity index (χ3n) is 6.37. The molecule has 2 aromatic carbocycles. The van der Waals surface area contributed by atoms with Gasteiger partial charge < -0.3 is 24.0 Å². The molecule has 2 amide bonds. The number of hydrogen-bond donors (Lipinski definition) is 0. The lowest BCUT2D eigenvalue weighted by Gasteiger charge is -2.32. The largest absolute Gasteiger partial charge is 0.493 e. The van der Waals surface area contributed by atoms with Crippen LogP contribution < -0.4 is 14.2 Å². The molecule has 2 aliphatic rings. The van der Waals surface area contributed by atoms with E-state index in [9.17, 15) is 9.59 Å². The van der Waals surface area contributed by atoms with Gasteiger partial charge in [0.2, 0.25) is 11.7 Å². The van der Waals surface area contributed by atoms with E-state index in [2.05, 4.69) is 0 Å². The van der Waals surface area contributed by atoms with Crippen LogP contribution in [0.15, 0.2) is 36.4 Å². The van der Waals surface area contributed by atoms with Gasteiger partial charge in [0.1, 0.15) is 0 Å². The lowest BCUT2D eigenvalue weighted by Crippen LogP contribution is -2.39. The molecule has 0 spiro atoms. The van der Waals surface area contributed by atoms with E-state index in [4.69, 9.17) is 14.2 Å². The van der Waals surface area contributed by atoms with Crippen molar-refractivity contribution in [2.24, 2.45) is 0 Å². The minimum Gasteiger partial charge on any atom is -0.493 e. The lowest BCUT2D eigenvalue weighted by molar-refractivity contribution is -0.133. The molecule has 1 fully saturated rings. The zero-order chi connectivity index (χ0) is 22.7. The second-order valence-corrected chi connectivity index (χ2v) is 8.21. The van der Waals surface area contributed by atoms with Gasteiger partial charge in [0, 0.05) is 25.2 Å². The Bertz CT molecular complexity index is 975. The number of hydrogen-bond acceptors (Lipinski definition) is 5. The number of piperidine rings is 1. The molecule has 1 saturated heterocycles. The summed E-state index contributed by atoms with van der Waals surface area (Å²) >= 11 is 0. The molecule has 0 bridgehead atoms. The third-order valence-corrected chi connectivity index (χ3v) is 6.37. The molecule has 0 aromatic heterocycles. The summed E-state index contributed by atoms with van der Waals surface area (Å²) in [6.45, 7) is 2.01. The van der Waals surface area contributed by atoms with Crippen LogP contribution in [0.5, 0.6) is 17.2 Å². The van der Waals surface area contributed by atoms with Gasteiger partial charge in [-0.3, -0.25) is 9.59 Å². The zero-order valence-corrected chi connectivity index (χ0v) is 18.9. The summed E-state index contributed by atoms with van der Waals surface area (Å²) in [5, 5.41) is 0. The Kier molecular flexibility index (Phi) is 6.53. The topological polar surface area (TPSA) is 68.3 Å². The molecule has 2 aliphatic heterocycles. The Balaban J connectivity index is 1.73. The Hall–Kier alpha value is -3.22. The molecule has 4 rings (SSSR count). The van der Waals surface area contributed by atoms with E-state index in [-0.39, 0.29) is 18.2 Å². The van der Waals surface area contributed by atoms with E-state index in [0.717, 1.165) is 43.5 Å². The molecule has 0 aliphatic carbocycles. The van der Waals surface area contributed by atoms with E-state index in [1.165, 1.54) is 0 Å². The second-order valence-electron chi connectivity index (χ2n) is 8.21. The molecule has 2 aromatic rings. The summed E-state index contributed by atoms with van der Waals surface area (Å²) in [4.78, 5) is 30.3. The molecule has 1 unspecified atom stereocenters. The number of ether oxygens (including phenoxy) is 3. The highest BCUT2D eigenvalue weighted by atomic mass is 16.5. The summed E-state index contributed by atoms with van der Waals surface area (Å²) in [6, 6.07) is 10.8. The smallest absolute Gasteiger partial charge is 0.255 e. The van der Waals surface area contributed by atoms with Gasteiger partial charge in [-0.05, 0) is 48.6 Å². The molecule has 0 N–H and O–H groups in total. The molecule has 1 atom stereocenters. The van der Waals surface area contributed by atoms with E-state index < -0.39 is 6.04 Å². The number of amides is 2. The third kappa shape index (κ3) is 4.11. The van der Waals surface area contributed by atoms with Crippen LogP contribution in [0, 0.1) is 0 Å². The standard InChI is InChI=1S/C25H30N2O5/c1-30-21-13-18(14-22(31-2)24(21)32-3)20(15-23(28)26-11-7-4-8-12-26)27-16-17-9-5-6-10-19(17)25(27)29/h5-6,9-10,13-14,20H,4,7-8,11-12,15-16H2,1-3H3. The molecule has 0 saturated carbocycles. The van der Waals surface area contributed by atoms with Crippen LogP contribution >= 0.6 is 0 Å². The van der Waals surface area contributed by atoms with Crippen LogP contribution in [0.3, 0.4) is 0 Å². The van der Waals surface area contributed by atoms with Gasteiger partial charge in [0.05, 0.1) is 33.8 Å². The van der Waals surface area contributed by atoms with Crippen molar-refractivity contribution in [2.75, 3.05) is 34.4 Å². The number of carbonyl (C=O) groups excluding carboxylic acids is 2. The van der Waals surface area contributed by atoms with Crippen molar-refractivity contribution >= 4 is 11.8 Å². The predicted octanol–water partition coefficient (Wildman–Crippen LogP) is 3.81. The van der Waals surface area contributed by atoms with Crippen molar-refractivity contribution in [1.29, 1.82) is 0 Å². The molecule has 2 heterocycles. The highest BCUT2D eigenvalue weighted by molar-refractivity contribution is 5.99. The van der Waals surface area contributed by atoms with Crippen LogP contribution in [-0.2, 0) is 11.3 Å². The van der Waals surface area contributed by atoms with Crippen molar-refractivity contribution in [1.82, 2.24) is 9.80 Å². The summed E-state index contributed by atoms with van der Waals surface area (Å²) in [5.41, 5.74) is 2.45. The molecule has 7 nitrogen and oxygen atoms in total. The fraction of sp³-hybridized carbons (Fsp3) is 0.440. The van der Waals surface area contributed by atoms with E-state index in [0.29, 0.717) is 29.4 Å². The van der Waals surface area contributed by atoms with Gasteiger partial charge in [-0.1, -0.05) is 18.2 Å². The van der Waals surface area contributed by atoms with E-state index in [1.807, 2.05) is 41.3 Å². The minimum atomic E-state index is -0.446. The lowest BCUT2D eigenvalue weighted by atomic mass is 9.99. The van der Waals surface area contributed by atoms with Gasteiger partial charge in [-0.2, -0.15) is 0 Å². The van der Waals surface area contributed by atoms with Crippen molar-refractivity contribution in [2.45, 2.75) is 38.3 Å². The molecule has 32 heavy (non-hydrogen) atoms. The quantitative estimate of drug-likeness (QED) is 0.658. The van der Waals surface area contributed by atoms with Gasteiger partial charge in [0.15, 0.2) is 11.5 Å². The average molecular weight is 439 g/mol. The Morgan fingerprint density at radius 3 is 2.22 bits per heavy atom. The second kappa shape index (κ2) is 9.51. The average Bonchev–Trinajstić information content (AvgIpc) is 3.18. The fourth-order valence-corrected chi connectivity index (χ4v) is 4.67. The monoisotopic (exact) mass is 438 g/mol. The van der Waals surface area contributed by atoms with E-state index in [1.54, 1.807) is 26.2 Å². The Labute approximate surface area is 188 Å². The highest BCUT2D eigenvalue weighted by Gasteiger charge is 2.36.